The second kappa shape index (κ2) is 5.81. The summed E-state index contributed by atoms with van der Waals surface area (Å²) < 4.78 is 20.8. The van der Waals surface area contributed by atoms with Crippen molar-refractivity contribution < 1.29 is 33.8 Å². The van der Waals surface area contributed by atoms with Crippen LogP contribution in [0.3, 0.4) is 0 Å². The van der Waals surface area contributed by atoms with Crippen LogP contribution in [0.15, 0.2) is 21.9 Å². The molecule has 0 spiro atoms. The Morgan fingerprint density at radius 3 is 2.57 bits per heavy atom. The van der Waals surface area contributed by atoms with Crippen molar-refractivity contribution >= 4 is 7.82 Å². The molecule has 0 unspecified atom stereocenters. The molecule has 0 amide bonds. The second-order valence-corrected chi connectivity index (χ2v) is 5.59. The molecule has 2 rings (SSSR count). The highest BCUT2D eigenvalue weighted by atomic mass is 31.2. The minimum absolute atomic E-state index is 0.648. The van der Waals surface area contributed by atoms with Crippen molar-refractivity contribution in [3.63, 3.8) is 0 Å². The molecule has 1 aliphatic rings. The Labute approximate surface area is 116 Å². The third-order valence-corrected chi connectivity index (χ3v) is 3.35. The summed E-state index contributed by atoms with van der Waals surface area (Å²) in [5.74, 6) is 0. The number of phosphoric ester groups is 1. The van der Waals surface area contributed by atoms with E-state index in [1.807, 2.05) is 4.98 Å². The van der Waals surface area contributed by atoms with Gasteiger partial charge in [-0.1, -0.05) is 0 Å². The SMILES string of the molecule is O=c1ccn([13C@@H]2O[13C@H]([13CH2]OP(=O)(O)O)[13C@@H](O)[13C@@H]2O)c(=O)[nH]1. The van der Waals surface area contributed by atoms with E-state index < -0.39 is 50.2 Å². The summed E-state index contributed by atoms with van der Waals surface area (Å²) in [5.41, 5.74) is -1.51. The molecular weight excluding hydrogens is 316 g/mol. The van der Waals surface area contributed by atoms with Gasteiger partial charge in [0.15, 0.2) is 6.23 Å². The predicted molar refractivity (Wildman–Crippen MR) is 65.2 cm³/mol. The van der Waals surface area contributed by atoms with Gasteiger partial charge in [0.2, 0.25) is 0 Å². The van der Waals surface area contributed by atoms with E-state index in [0.717, 1.165) is 16.8 Å². The molecule has 21 heavy (non-hydrogen) atoms. The van der Waals surface area contributed by atoms with Gasteiger partial charge >= 0.3 is 13.5 Å². The van der Waals surface area contributed by atoms with Crippen LogP contribution in [0.25, 0.3) is 0 Å². The van der Waals surface area contributed by atoms with Gasteiger partial charge in [0.05, 0.1) is 6.61 Å². The Bertz CT molecular complexity index is 664. The zero-order valence-electron chi connectivity index (χ0n) is 10.4. The van der Waals surface area contributed by atoms with E-state index in [1.165, 1.54) is 0 Å². The number of ether oxygens (including phenoxy) is 1. The van der Waals surface area contributed by atoms with Crippen molar-refractivity contribution in [3.8, 4) is 0 Å². The van der Waals surface area contributed by atoms with E-state index >= 15 is 0 Å². The molecule has 118 valence electrons. The fourth-order valence-corrected chi connectivity index (χ4v) is 2.24. The monoisotopic (exact) mass is 329 g/mol. The molecule has 0 aromatic carbocycles. The number of H-pyrrole nitrogens is 1. The molecule has 1 saturated heterocycles. The third kappa shape index (κ3) is 3.66. The Kier molecular flexibility index (Phi) is 4.44. The predicted octanol–water partition coefficient (Wildman–Crippen LogP) is -2.73. The molecule has 0 bridgehead atoms. The number of hydrogen-bond donors (Lipinski definition) is 5. The minimum atomic E-state index is -4.76. The quantitative estimate of drug-likeness (QED) is 0.290. The minimum Gasteiger partial charge on any atom is -0.387 e. The zero-order valence-corrected chi connectivity index (χ0v) is 11.3. The Morgan fingerprint density at radius 1 is 1.33 bits per heavy atom. The molecule has 0 saturated carbocycles. The van der Waals surface area contributed by atoms with Crippen LogP contribution in [0, 0.1) is 0 Å². The molecule has 1 aliphatic heterocycles. The van der Waals surface area contributed by atoms with Gasteiger partial charge in [0.1, 0.15) is 18.3 Å². The molecule has 1 fully saturated rings. The Hall–Kier alpha value is -1.33. The first kappa shape index (κ1) is 16.0. The third-order valence-electron chi connectivity index (χ3n) is 2.87. The smallest absolute Gasteiger partial charge is 0.387 e. The standard InChI is InChI=1S/C9H13N2O9P/c12-5-1-2-11(9(15)10-5)8-7(14)6(13)4(20-8)3-19-21(16,17)18/h1-2,4,6-8,13-14H,3H2,(H,10,12,15)(H2,16,17,18)/t4-,6-,7+,8-/m1/s1/i3+1,4+1,6+1,7+1,8+1. The van der Waals surface area contributed by atoms with Crippen molar-refractivity contribution in [2.75, 3.05) is 6.61 Å². The lowest BCUT2D eigenvalue weighted by atomic mass is 10.6. The maximum absolute atomic E-state index is 11.6. The number of rotatable bonds is 4. The van der Waals surface area contributed by atoms with E-state index in [-0.39, 0.29) is 0 Å². The summed E-state index contributed by atoms with van der Waals surface area (Å²) in [6.07, 6.45) is -4.58. The molecule has 0 aliphatic carbocycles. The van der Waals surface area contributed by atoms with Crippen LogP contribution in [-0.4, -0.2) is 54.5 Å². The largest absolute Gasteiger partial charge is 0.469 e. The van der Waals surface area contributed by atoms with Crippen LogP contribution < -0.4 is 11.2 Å². The highest BCUT2D eigenvalue weighted by molar-refractivity contribution is 7.46. The maximum Gasteiger partial charge on any atom is 0.469 e. The first-order chi connectivity index (χ1) is 9.69. The van der Waals surface area contributed by atoms with Gasteiger partial charge in [0.25, 0.3) is 5.56 Å². The van der Waals surface area contributed by atoms with Crippen molar-refractivity contribution in [2.24, 2.45) is 0 Å². The molecule has 2 heterocycles. The molecule has 12 heteroatoms. The van der Waals surface area contributed by atoms with Crippen LogP contribution in [0.5, 0.6) is 0 Å². The number of aliphatic hydroxyl groups excluding tert-OH is 2. The maximum atomic E-state index is 11.6. The first-order valence-corrected chi connectivity index (χ1v) is 7.25. The molecule has 11 nitrogen and oxygen atoms in total. The summed E-state index contributed by atoms with van der Waals surface area (Å²) in [5, 5.41) is 19.6. The van der Waals surface area contributed by atoms with Crippen LogP contribution in [0.1, 0.15) is 6.23 Å². The molecule has 4 atom stereocenters. The van der Waals surface area contributed by atoms with Gasteiger partial charge in [-0.05, 0) is 0 Å². The number of phosphoric acid groups is 1. The number of nitrogens with one attached hydrogen (secondary N) is 1. The lowest BCUT2D eigenvalue weighted by Crippen LogP contribution is -2.37. The van der Waals surface area contributed by atoms with E-state index in [9.17, 15) is 24.4 Å². The summed E-state index contributed by atoms with van der Waals surface area (Å²) in [4.78, 5) is 41.6. The van der Waals surface area contributed by atoms with Gasteiger partial charge in [-0.25, -0.2) is 9.36 Å². The molecule has 1 aromatic rings. The lowest BCUT2D eigenvalue weighted by molar-refractivity contribution is -0.0543. The fraction of sp³-hybridized carbons (Fsp3) is 0.556. The van der Waals surface area contributed by atoms with E-state index in [4.69, 9.17) is 14.5 Å². The van der Waals surface area contributed by atoms with Crippen LogP contribution in [0.4, 0.5) is 0 Å². The number of nitrogens with zero attached hydrogens (tertiary/aromatic N) is 1. The van der Waals surface area contributed by atoms with Gasteiger partial charge in [-0.3, -0.25) is 18.9 Å². The first-order valence-electron chi connectivity index (χ1n) is 5.72. The summed E-state index contributed by atoms with van der Waals surface area (Å²) in [6.45, 7) is -0.683. The summed E-state index contributed by atoms with van der Waals surface area (Å²) >= 11 is 0. The fourth-order valence-electron chi connectivity index (χ4n) is 1.89. The lowest BCUT2D eigenvalue weighted by Gasteiger charge is -2.16. The van der Waals surface area contributed by atoms with Gasteiger partial charge in [-0.2, -0.15) is 0 Å². The number of aliphatic hydroxyl groups is 2. The topological polar surface area (TPSA) is 171 Å². The molecular formula is C9H13N2O9P. The normalized spacial score (nSPS) is 29.7. The van der Waals surface area contributed by atoms with Crippen LogP contribution in [-0.2, 0) is 13.8 Å². The molecule has 5 N–H and O–H groups in total. The Balaban J connectivity index is 2.18. The molecule has 0 radical (unpaired) electrons. The van der Waals surface area contributed by atoms with E-state index in [0.29, 0.717) is 0 Å². The number of hydrogen-bond acceptors (Lipinski definition) is 7. The number of aromatic amines is 1. The summed E-state index contributed by atoms with van der Waals surface area (Å²) in [7, 11) is -4.76. The van der Waals surface area contributed by atoms with Crippen molar-refractivity contribution in [2.45, 2.75) is 24.5 Å². The van der Waals surface area contributed by atoms with Gasteiger partial charge < -0.3 is 24.7 Å². The van der Waals surface area contributed by atoms with Crippen molar-refractivity contribution in [3.05, 3.63) is 33.1 Å². The average molecular weight is 329 g/mol. The Morgan fingerprint density at radius 2 is 2.00 bits per heavy atom. The second-order valence-electron chi connectivity index (χ2n) is 4.35. The highest BCUT2D eigenvalue weighted by Gasteiger charge is 2.44. The number of aromatic nitrogens is 2. The van der Waals surface area contributed by atoms with E-state index in [2.05, 4.69) is 4.52 Å². The van der Waals surface area contributed by atoms with E-state index in [1.54, 1.807) is 0 Å². The highest BCUT2D eigenvalue weighted by Crippen LogP contribution is 2.38. The van der Waals surface area contributed by atoms with Crippen LogP contribution in [0.2, 0.25) is 0 Å². The van der Waals surface area contributed by atoms with Gasteiger partial charge in [-0.15, -0.1) is 0 Å². The average Bonchev–Trinajstić information content (AvgIpc) is 2.64. The summed E-state index contributed by atoms with van der Waals surface area (Å²) in [6, 6.07) is 1.02. The van der Waals surface area contributed by atoms with Gasteiger partial charge in [0, 0.05) is 12.3 Å². The zero-order chi connectivity index (χ0) is 15.8. The molecule has 1 aromatic heterocycles. The van der Waals surface area contributed by atoms with Crippen molar-refractivity contribution in [1.29, 1.82) is 0 Å². The van der Waals surface area contributed by atoms with Crippen molar-refractivity contribution in [1.82, 2.24) is 9.55 Å². The van der Waals surface area contributed by atoms with Crippen LogP contribution >= 0.6 is 7.82 Å².